The molecule has 0 saturated heterocycles. The molecule has 1 aliphatic carbocycles. The molecule has 1 aromatic carbocycles. The van der Waals surface area contributed by atoms with Gasteiger partial charge >= 0.3 is 0 Å². The van der Waals surface area contributed by atoms with E-state index in [9.17, 15) is 4.79 Å². The summed E-state index contributed by atoms with van der Waals surface area (Å²) in [5.41, 5.74) is 0.967. The summed E-state index contributed by atoms with van der Waals surface area (Å²) < 4.78 is 5.66. The van der Waals surface area contributed by atoms with Crippen molar-refractivity contribution in [3.05, 3.63) is 35.9 Å². The van der Waals surface area contributed by atoms with Gasteiger partial charge in [0.25, 0.3) is 0 Å². The molecule has 0 aliphatic heterocycles. The van der Waals surface area contributed by atoms with Gasteiger partial charge in [0.05, 0.1) is 5.60 Å². The highest BCUT2D eigenvalue weighted by atomic mass is 16.5. The van der Waals surface area contributed by atoms with Gasteiger partial charge in [-0.15, -0.1) is 0 Å². The van der Waals surface area contributed by atoms with Crippen molar-refractivity contribution in [2.45, 2.75) is 31.3 Å². The van der Waals surface area contributed by atoms with Crippen LogP contribution >= 0.6 is 0 Å². The summed E-state index contributed by atoms with van der Waals surface area (Å²) in [6, 6.07) is 10.2. The van der Waals surface area contributed by atoms with Crippen molar-refractivity contribution in [3.8, 4) is 0 Å². The quantitative estimate of drug-likeness (QED) is 0.740. The minimum Gasteiger partial charge on any atom is -0.374 e. The first-order valence-corrected chi connectivity index (χ1v) is 5.39. The van der Waals surface area contributed by atoms with Crippen LogP contribution in [0.25, 0.3) is 0 Å². The molecule has 1 aromatic rings. The summed E-state index contributed by atoms with van der Waals surface area (Å²) in [5.74, 6) is 0.360. The Labute approximate surface area is 90.3 Å². The lowest BCUT2D eigenvalue weighted by molar-refractivity contribution is -0.127. The third-order valence-electron chi connectivity index (χ3n) is 3.31. The number of hydrogen-bond acceptors (Lipinski definition) is 2. The fourth-order valence-electron chi connectivity index (χ4n) is 2.29. The molecule has 80 valence electrons. The van der Waals surface area contributed by atoms with Crippen molar-refractivity contribution in [2.24, 2.45) is 0 Å². The topological polar surface area (TPSA) is 26.3 Å². The molecule has 0 radical (unpaired) electrons. The highest BCUT2D eigenvalue weighted by Crippen LogP contribution is 2.38. The van der Waals surface area contributed by atoms with Gasteiger partial charge in [0.1, 0.15) is 5.78 Å². The number of carbonyl (C=O) groups is 1. The normalized spacial score (nSPS) is 20.2. The lowest BCUT2D eigenvalue weighted by Crippen LogP contribution is -2.33. The van der Waals surface area contributed by atoms with Gasteiger partial charge in [-0.25, -0.2) is 0 Å². The Kier molecular flexibility index (Phi) is 2.87. The van der Waals surface area contributed by atoms with Crippen molar-refractivity contribution in [3.63, 3.8) is 0 Å². The van der Waals surface area contributed by atoms with Crippen LogP contribution in [0.15, 0.2) is 30.3 Å². The monoisotopic (exact) mass is 204 g/mol. The maximum atomic E-state index is 11.2. The minimum absolute atomic E-state index is 0.227. The van der Waals surface area contributed by atoms with Gasteiger partial charge < -0.3 is 4.74 Å². The molecule has 0 N–H and O–H groups in total. The zero-order chi connectivity index (χ0) is 10.7. The zero-order valence-corrected chi connectivity index (χ0v) is 9.03. The number of benzene rings is 1. The maximum absolute atomic E-state index is 11.2. The van der Waals surface area contributed by atoms with Crippen molar-refractivity contribution in [1.82, 2.24) is 0 Å². The van der Waals surface area contributed by atoms with Gasteiger partial charge in [0, 0.05) is 20.0 Å². The van der Waals surface area contributed by atoms with Crippen LogP contribution in [-0.2, 0) is 15.1 Å². The lowest BCUT2D eigenvalue weighted by Gasteiger charge is -2.35. The first-order valence-electron chi connectivity index (χ1n) is 5.39. The van der Waals surface area contributed by atoms with Crippen molar-refractivity contribution >= 4 is 5.78 Å². The number of rotatable bonds is 2. The molecule has 15 heavy (non-hydrogen) atoms. The van der Waals surface area contributed by atoms with Crippen LogP contribution in [0.2, 0.25) is 0 Å². The van der Waals surface area contributed by atoms with Crippen molar-refractivity contribution in [1.29, 1.82) is 0 Å². The molecule has 0 bridgehead atoms. The molecule has 0 heterocycles. The van der Waals surface area contributed by atoms with E-state index in [4.69, 9.17) is 4.74 Å². The van der Waals surface area contributed by atoms with E-state index in [0.717, 1.165) is 12.8 Å². The van der Waals surface area contributed by atoms with Crippen LogP contribution in [0, 0.1) is 0 Å². The van der Waals surface area contributed by atoms with E-state index in [2.05, 4.69) is 12.1 Å². The summed E-state index contributed by atoms with van der Waals surface area (Å²) in [6.45, 7) is 0. The average molecular weight is 204 g/mol. The highest BCUT2D eigenvalue weighted by Gasteiger charge is 2.36. The van der Waals surface area contributed by atoms with E-state index in [-0.39, 0.29) is 5.60 Å². The Morgan fingerprint density at radius 3 is 2.27 bits per heavy atom. The molecule has 1 fully saturated rings. The third-order valence-corrected chi connectivity index (χ3v) is 3.31. The maximum Gasteiger partial charge on any atom is 0.133 e. The molecule has 2 heteroatoms. The number of methoxy groups -OCH3 is 1. The molecule has 0 unspecified atom stereocenters. The first kappa shape index (κ1) is 10.4. The molecule has 0 atom stereocenters. The molecule has 0 spiro atoms. The predicted octanol–water partition coefficient (Wildman–Crippen LogP) is 2.67. The van der Waals surface area contributed by atoms with Crippen molar-refractivity contribution in [2.75, 3.05) is 7.11 Å². The Bertz CT molecular complexity index is 333. The van der Waals surface area contributed by atoms with Crippen LogP contribution in [-0.4, -0.2) is 12.9 Å². The SMILES string of the molecule is COC1(c2ccccc2)CCC(=O)CC1. The number of carbonyl (C=O) groups excluding carboxylic acids is 1. The highest BCUT2D eigenvalue weighted by molar-refractivity contribution is 5.79. The minimum atomic E-state index is -0.227. The number of ketones is 1. The van der Waals surface area contributed by atoms with E-state index in [1.807, 2.05) is 18.2 Å². The standard InChI is InChI=1S/C13H16O2/c1-15-13(9-7-12(14)8-10-13)11-5-3-2-4-6-11/h2-6H,7-10H2,1H3. The molecular formula is C13H16O2. The molecule has 0 aromatic heterocycles. The predicted molar refractivity (Wildman–Crippen MR) is 58.6 cm³/mol. The van der Waals surface area contributed by atoms with Crippen LogP contribution in [0.3, 0.4) is 0 Å². The van der Waals surface area contributed by atoms with Gasteiger partial charge in [-0.1, -0.05) is 30.3 Å². The molecule has 2 rings (SSSR count). The molecule has 0 amide bonds. The van der Waals surface area contributed by atoms with Crippen LogP contribution < -0.4 is 0 Å². The van der Waals surface area contributed by atoms with E-state index < -0.39 is 0 Å². The van der Waals surface area contributed by atoms with Gasteiger partial charge in [0.2, 0.25) is 0 Å². The number of hydrogen-bond donors (Lipinski definition) is 0. The average Bonchev–Trinajstić information content (AvgIpc) is 2.32. The van der Waals surface area contributed by atoms with E-state index in [1.54, 1.807) is 7.11 Å². The van der Waals surface area contributed by atoms with E-state index in [0.29, 0.717) is 18.6 Å². The van der Waals surface area contributed by atoms with Gasteiger partial charge in [-0.2, -0.15) is 0 Å². The van der Waals surface area contributed by atoms with Crippen LogP contribution in [0.4, 0.5) is 0 Å². The first-order chi connectivity index (χ1) is 7.27. The molecule has 1 aliphatic rings. The summed E-state index contributed by atoms with van der Waals surface area (Å²) in [4.78, 5) is 11.2. The Morgan fingerprint density at radius 2 is 1.73 bits per heavy atom. The van der Waals surface area contributed by atoms with E-state index in [1.165, 1.54) is 5.56 Å². The fourth-order valence-corrected chi connectivity index (χ4v) is 2.29. The summed E-state index contributed by atoms with van der Waals surface area (Å²) in [7, 11) is 1.74. The van der Waals surface area contributed by atoms with Crippen LogP contribution in [0.1, 0.15) is 31.2 Å². The summed E-state index contributed by atoms with van der Waals surface area (Å²) >= 11 is 0. The molecular weight excluding hydrogens is 188 g/mol. The van der Waals surface area contributed by atoms with Gasteiger partial charge in [-0.05, 0) is 18.4 Å². The second kappa shape index (κ2) is 4.15. The Balaban J connectivity index is 2.26. The van der Waals surface area contributed by atoms with Crippen LogP contribution in [0.5, 0.6) is 0 Å². The Hall–Kier alpha value is -1.15. The number of ether oxygens (including phenoxy) is 1. The zero-order valence-electron chi connectivity index (χ0n) is 9.03. The summed E-state index contributed by atoms with van der Waals surface area (Å²) in [6.07, 6.45) is 2.91. The lowest BCUT2D eigenvalue weighted by atomic mass is 9.79. The number of Topliss-reactive ketones (excluding diaryl/α,β-unsaturated/α-hetero) is 1. The fraction of sp³-hybridized carbons (Fsp3) is 0.462. The van der Waals surface area contributed by atoms with Crippen molar-refractivity contribution < 1.29 is 9.53 Å². The smallest absolute Gasteiger partial charge is 0.133 e. The van der Waals surface area contributed by atoms with E-state index >= 15 is 0 Å². The summed E-state index contributed by atoms with van der Waals surface area (Å²) in [5, 5.41) is 0. The van der Waals surface area contributed by atoms with Gasteiger partial charge in [0.15, 0.2) is 0 Å². The molecule has 1 saturated carbocycles. The third kappa shape index (κ3) is 1.95. The molecule has 2 nitrogen and oxygen atoms in total. The Morgan fingerprint density at radius 1 is 1.13 bits per heavy atom. The van der Waals surface area contributed by atoms with Gasteiger partial charge in [-0.3, -0.25) is 4.79 Å². The largest absolute Gasteiger partial charge is 0.374 e. The second-order valence-corrected chi connectivity index (χ2v) is 4.10. The second-order valence-electron chi connectivity index (χ2n) is 4.10.